The predicted molar refractivity (Wildman–Crippen MR) is 80.1 cm³/mol. The van der Waals surface area contributed by atoms with Gasteiger partial charge in [0, 0.05) is 17.8 Å². The molecule has 1 heterocycles. The van der Waals surface area contributed by atoms with E-state index >= 15 is 0 Å². The highest BCUT2D eigenvalue weighted by Gasteiger charge is 2.10. The van der Waals surface area contributed by atoms with Gasteiger partial charge in [-0.05, 0) is 44.5 Å². The molecule has 1 amide bonds. The molecule has 0 saturated carbocycles. The van der Waals surface area contributed by atoms with Gasteiger partial charge in [-0.15, -0.1) is 0 Å². The van der Waals surface area contributed by atoms with E-state index in [1.165, 1.54) is 0 Å². The first kappa shape index (κ1) is 14.3. The average Bonchev–Trinajstić information content (AvgIpc) is 2.86. The van der Waals surface area contributed by atoms with Gasteiger partial charge in [-0.25, -0.2) is 4.68 Å². The lowest BCUT2D eigenvalue weighted by Gasteiger charge is -2.13. The maximum atomic E-state index is 12.2. The Hall–Kier alpha value is -2.10. The van der Waals surface area contributed by atoms with Crippen LogP contribution in [0.4, 0.5) is 0 Å². The van der Waals surface area contributed by atoms with Gasteiger partial charge in [0.2, 0.25) is 0 Å². The zero-order chi connectivity index (χ0) is 14.5. The number of rotatable bonds is 5. The Kier molecular flexibility index (Phi) is 4.56. The van der Waals surface area contributed by atoms with Crippen molar-refractivity contribution in [2.24, 2.45) is 0 Å². The number of amides is 1. The Bertz CT molecular complexity index is 589. The Morgan fingerprint density at radius 3 is 2.85 bits per heavy atom. The second-order valence-corrected chi connectivity index (χ2v) is 5.12. The van der Waals surface area contributed by atoms with Gasteiger partial charge in [-0.3, -0.25) is 4.79 Å². The quantitative estimate of drug-likeness (QED) is 0.908. The Morgan fingerprint density at radius 2 is 2.20 bits per heavy atom. The van der Waals surface area contributed by atoms with Gasteiger partial charge in [0.25, 0.3) is 5.91 Å². The highest BCUT2D eigenvalue weighted by molar-refractivity contribution is 5.94. The van der Waals surface area contributed by atoms with Crippen LogP contribution in [-0.4, -0.2) is 21.7 Å². The van der Waals surface area contributed by atoms with Crippen LogP contribution in [0.5, 0.6) is 0 Å². The third-order valence-electron chi connectivity index (χ3n) is 3.19. The molecule has 1 aromatic heterocycles. The van der Waals surface area contributed by atoms with Crippen LogP contribution in [0.2, 0.25) is 0 Å². The summed E-state index contributed by atoms with van der Waals surface area (Å²) in [6, 6.07) is 9.65. The molecule has 0 fully saturated rings. The number of aryl methyl sites for hydroxylation is 1. The van der Waals surface area contributed by atoms with Crippen molar-refractivity contribution >= 4 is 5.91 Å². The maximum absolute atomic E-state index is 12.2. The predicted octanol–water partition coefficient (Wildman–Crippen LogP) is 3.10. The number of aromatic nitrogens is 2. The number of nitrogens with zero attached hydrogens (tertiary/aromatic N) is 2. The Morgan fingerprint density at radius 1 is 1.40 bits per heavy atom. The molecule has 0 saturated heterocycles. The molecule has 2 rings (SSSR count). The molecular weight excluding hydrogens is 250 g/mol. The SMILES string of the molecule is CCC[C@@H](C)NC(=O)c1cccc(-n2ccc(C)n2)c1. The van der Waals surface area contributed by atoms with Gasteiger partial charge in [0.15, 0.2) is 0 Å². The number of nitrogens with one attached hydrogen (secondary N) is 1. The Balaban J connectivity index is 2.15. The van der Waals surface area contributed by atoms with Gasteiger partial charge in [-0.2, -0.15) is 5.10 Å². The molecule has 1 N–H and O–H groups in total. The van der Waals surface area contributed by atoms with Crippen molar-refractivity contribution in [2.75, 3.05) is 0 Å². The molecule has 0 spiro atoms. The summed E-state index contributed by atoms with van der Waals surface area (Å²) in [6.07, 6.45) is 3.95. The molecule has 2 aromatic rings. The standard InChI is InChI=1S/C16H21N3O/c1-4-6-12(2)17-16(20)14-7-5-8-15(11-14)19-10-9-13(3)18-19/h5,7-12H,4,6H2,1-3H3,(H,17,20)/t12-/m1/s1. The van der Waals surface area contributed by atoms with E-state index < -0.39 is 0 Å². The fourth-order valence-corrected chi connectivity index (χ4v) is 2.16. The van der Waals surface area contributed by atoms with Crippen LogP contribution in [0, 0.1) is 6.92 Å². The van der Waals surface area contributed by atoms with E-state index in [9.17, 15) is 4.79 Å². The van der Waals surface area contributed by atoms with Crippen LogP contribution in [0.15, 0.2) is 36.5 Å². The van der Waals surface area contributed by atoms with Gasteiger partial charge < -0.3 is 5.32 Å². The monoisotopic (exact) mass is 271 g/mol. The highest BCUT2D eigenvalue weighted by Crippen LogP contribution is 2.11. The minimum Gasteiger partial charge on any atom is -0.350 e. The topological polar surface area (TPSA) is 46.9 Å². The minimum atomic E-state index is -0.0309. The molecule has 106 valence electrons. The third kappa shape index (κ3) is 3.47. The number of carbonyl (C=O) groups is 1. The van der Waals surface area contributed by atoms with Crippen molar-refractivity contribution in [3.8, 4) is 5.69 Å². The van der Waals surface area contributed by atoms with E-state index in [-0.39, 0.29) is 11.9 Å². The fraction of sp³-hybridized carbons (Fsp3) is 0.375. The summed E-state index contributed by atoms with van der Waals surface area (Å²) in [5.41, 5.74) is 2.52. The number of hydrogen-bond donors (Lipinski definition) is 1. The number of benzene rings is 1. The molecule has 20 heavy (non-hydrogen) atoms. The highest BCUT2D eigenvalue weighted by atomic mass is 16.1. The second kappa shape index (κ2) is 6.37. The molecule has 0 bridgehead atoms. The lowest BCUT2D eigenvalue weighted by molar-refractivity contribution is 0.0938. The average molecular weight is 271 g/mol. The van der Waals surface area contributed by atoms with Gasteiger partial charge in [0.05, 0.1) is 11.4 Å². The van der Waals surface area contributed by atoms with E-state index in [1.54, 1.807) is 4.68 Å². The first-order valence-electron chi connectivity index (χ1n) is 7.03. The van der Waals surface area contributed by atoms with Crippen molar-refractivity contribution < 1.29 is 4.79 Å². The summed E-state index contributed by atoms with van der Waals surface area (Å²) in [5, 5.41) is 7.37. The maximum Gasteiger partial charge on any atom is 0.251 e. The van der Waals surface area contributed by atoms with Crippen LogP contribution < -0.4 is 5.32 Å². The molecule has 1 atom stereocenters. The largest absolute Gasteiger partial charge is 0.350 e. The van der Waals surface area contributed by atoms with E-state index in [4.69, 9.17) is 0 Å². The molecule has 0 radical (unpaired) electrons. The lowest BCUT2D eigenvalue weighted by atomic mass is 10.1. The van der Waals surface area contributed by atoms with Crippen molar-refractivity contribution in [3.63, 3.8) is 0 Å². The lowest BCUT2D eigenvalue weighted by Crippen LogP contribution is -2.32. The smallest absolute Gasteiger partial charge is 0.251 e. The summed E-state index contributed by atoms with van der Waals surface area (Å²) in [4.78, 5) is 12.2. The van der Waals surface area contributed by atoms with Gasteiger partial charge >= 0.3 is 0 Å². The second-order valence-electron chi connectivity index (χ2n) is 5.12. The molecule has 0 unspecified atom stereocenters. The molecule has 0 aliphatic carbocycles. The molecule has 0 aliphatic rings. The fourth-order valence-electron chi connectivity index (χ4n) is 2.16. The van der Waals surface area contributed by atoms with Crippen molar-refractivity contribution in [1.29, 1.82) is 0 Å². The van der Waals surface area contributed by atoms with E-state index in [1.807, 2.05) is 50.4 Å². The van der Waals surface area contributed by atoms with E-state index in [0.717, 1.165) is 24.2 Å². The molecular formula is C16H21N3O. The van der Waals surface area contributed by atoms with Crippen molar-refractivity contribution in [1.82, 2.24) is 15.1 Å². The zero-order valence-electron chi connectivity index (χ0n) is 12.3. The van der Waals surface area contributed by atoms with Crippen LogP contribution in [0.3, 0.4) is 0 Å². The third-order valence-corrected chi connectivity index (χ3v) is 3.19. The normalized spacial score (nSPS) is 12.2. The first-order valence-corrected chi connectivity index (χ1v) is 7.03. The summed E-state index contributed by atoms with van der Waals surface area (Å²) in [6.45, 7) is 6.09. The molecule has 4 heteroatoms. The van der Waals surface area contributed by atoms with Gasteiger partial charge in [-0.1, -0.05) is 19.4 Å². The minimum absolute atomic E-state index is 0.0309. The first-order chi connectivity index (χ1) is 9.60. The number of carbonyl (C=O) groups excluding carboxylic acids is 1. The van der Waals surface area contributed by atoms with E-state index in [0.29, 0.717) is 5.56 Å². The summed E-state index contributed by atoms with van der Waals surface area (Å²) in [7, 11) is 0. The van der Waals surface area contributed by atoms with E-state index in [2.05, 4.69) is 17.3 Å². The molecule has 1 aromatic carbocycles. The Labute approximate surface area is 119 Å². The molecule has 0 aliphatic heterocycles. The van der Waals surface area contributed by atoms with Crippen LogP contribution >= 0.6 is 0 Å². The van der Waals surface area contributed by atoms with Gasteiger partial charge in [0.1, 0.15) is 0 Å². The van der Waals surface area contributed by atoms with Crippen molar-refractivity contribution in [3.05, 3.63) is 47.8 Å². The number of hydrogen-bond acceptors (Lipinski definition) is 2. The molecule has 4 nitrogen and oxygen atoms in total. The van der Waals surface area contributed by atoms with Crippen molar-refractivity contribution in [2.45, 2.75) is 39.7 Å². The zero-order valence-corrected chi connectivity index (χ0v) is 12.3. The van der Waals surface area contributed by atoms with Crippen LogP contribution in [0.25, 0.3) is 5.69 Å². The summed E-state index contributed by atoms with van der Waals surface area (Å²) in [5.74, 6) is -0.0309. The van der Waals surface area contributed by atoms with Crippen LogP contribution in [-0.2, 0) is 0 Å². The summed E-state index contributed by atoms with van der Waals surface area (Å²) < 4.78 is 1.78. The van der Waals surface area contributed by atoms with Crippen LogP contribution in [0.1, 0.15) is 42.7 Å². The summed E-state index contributed by atoms with van der Waals surface area (Å²) >= 11 is 0.